The molecule has 1 atom stereocenters. The maximum Gasteiger partial charge on any atom is 0.253 e. The number of aromatic nitrogens is 6. The van der Waals surface area contributed by atoms with Crippen molar-refractivity contribution >= 4 is 77.8 Å². The first-order valence-electron chi connectivity index (χ1n) is 25.3. The van der Waals surface area contributed by atoms with E-state index in [0.29, 0.717) is 104 Å². The smallest absolute Gasteiger partial charge is 0.253 e. The number of nitrogens with two attached hydrogens (primary N) is 2. The minimum atomic E-state index is -3.83. The van der Waals surface area contributed by atoms with Crippen LogP contribution in [0, 0.1) is 5.82 Å². The van der Waals surface area contributed by atoms with Crippen LogP contribution in [-0.2, 0) is 33.8 Å². The Bertz CT molecular complexity index is 3290. The van der Waals surface area contributed by atoms with E-state index in [2.05, 4.69) is 56.1 Å². The Morgan fingerprint density at radius 3 is 2.27 bits per heavy atom. The summed E-state index contributed by atoms with van der Waals surface area (Å²) in [6.07, 6.45) is 8.04. The van der Waals surface area contributed by atoms with Gasteiger partial charge in [-0.05, 0) is 109 Å². The molecule has 1 saturated heterocycles. The number of hydrogen-bond donors (Lipinski definition) is 5. The molecule has 4 heterocycles. The normalized spacial score (nSPS) is 13.8. The van der Waals surface area contributed by atoms with Gasteiger partial charge in [-0.1, -0.05) is 30.3 Å². The first kappa shape index (κ1) is 57.7. The standard InChI is InChI=1S/C54H61BrFN13O9S/c1-67(23-7-13-46(70)68-24-6-8-39(35-68)69-53-48(50(57)60-36-61-53)49(66-69)37-14-18-41(19-15-37)78-40-9-3-2-4-10-40)25-27-75-29-31-77-33-32-76-30-28-74-26-22-62-79(72,73)42-20-16-38(17-21-42)63-54-59-34-43(55)52(65-54)64-45-12-5-11-44(56)47(45)51(58)71/h2-5,7,9-21,34,36,39,62H,6,8,22-33,35H2,1H3,(H2,58,71)(H2,57,60,61)(H2,59,63,64,65)/b13-7+/t39-/m1/s1. The van der Waals surface area contributed by atoms with Crippen molar-refractivity contribution in [3.63, 3.8) is 0 Å². The van der Waals surface area contributed by atoms with Gasteiger partial charge < -0.3 is 55.6 Å². The highest BCUT2D eigenvalue weighted by atomic mass is 79.9. The van der Waals surface area contributed by atoms with Crippen LogP contribution in [0.25, 0.3) is 22.3 Å². The van der Waals surface area contributed by atoms with E-state index in [4.69, 9.17) is 40.3 Å². The monoisotopic (exact) mass is 1170 g/mol. The van der Waals surface area contributed by atoms with Gasteiger partial charge in [0.1, 0.15) is 41.0 Å². The highest BCUT2D eigenvalue weighted by Crippen LogP contribution is 2.35. The molecular weight excluding hydrogens is 1110 g/mol. The van der Waals surface area contributed by atoms with Crippen molar-refractivity contribution in [1.29, 1.82) is 0 Å². The van der Waals surface area contributed by atoms with Gasteiger partial charge in [-0.2, -0.15) is 10.1 Å². The summed E-state index contributed by atoms with van der Waals surface area (Å²) in [5, 5.41) is 11.6. The molecule has 1 fully saturated rings. The van der Waals surface area contributed by atoms with Gasteiger partial charge in [-0.25, -0.2) is 37.2 Å². The summed E-state index contributed by atoms with van der Waals surface area (Å²) in [6, 6.07) is 27.1. The Balaban J connectivity index is 0.647. The Kier molecular flexibility index (Phi) is 20.7. The number of likely N-dealkylation sites (tertiary alicyclic amines) is 1. The predicted molar refractivity (Wildman–Crippen MR) is 299 cm³/mol. The summed E-state index contributed by atoms with van der Waals surface area (Å²) in [5.74, 6) is 0.362. The Labute approximate surface area is 464 Å². The maximum atomic E-state index is 14.3. The zero-order valence-corrected chi connectivity index (χ0v) is 45.7. The lowest BCUT2D eigenvalue weighted by molar-refractivity contribution is -0.127. The SMILES string of the molecule is CN(C/C=C/C(=O)N1CCC[C@@H](n2nc(-c3ccc(Oc4ccccc4)cc3)c3c(N)ncnc32)C1)CCOCCOCCOCCOCCNS(=O)(=O)c1ccc(Nc2ncc(Br)c(Nc3cccc(F)c3C(N)=O)n2)cc1. The van der Waals surface area contributed by atoms with Crippen LogP contribution < -0.4 is 31.6 Å². The summed E-state index contributed by atoms with van der Waals surface area (Å²) < 4.78 is 73.3. The molecule has 22 nitrogen and oxygen atoms in total. The highest BCUT2D eigenvalue weighted by molar-refractivity contribution is 9.10. The van der Waals surface area contributed by atoms with E-state index >= 15 is 0 Å². The summed E-state index contributed by atoms with van der Waals surface area (Å²) in [4.78, 5) is 46.6. The second-order valence-electron chi connectivity index (χ2n) is 18.0. The number of hydrogen-bond acceptors (Lipinski definition) is 18. The zero-order chi connectivity index (χ0) is 55.6. The third-order valence-electron chi connectivity index (χ3n) is 12.3. The number of nitrogens with one attached hydrogen (secondary N) is 3. The van der Waals surface area contributed by atoms with Crippen molar-refractivity contribution in [3.8, 4) is 22.8 Å². The Morgan fingerprint density at radius 2 is 1.54 bits per heavy atom. The van der Waals surface area contributed by atoms with Gasteiger partial charge >= 0.3 is 0 Å². The van der Waals surface area contributed by atoms with E-state index in [1.165, 1.54) is 36.8 Å². The summed E-state index contributed by atoms with van der Waals surface area (Å²) >= 11 is 3.34. The fourth-order valence-corrected chi connectivity index (χ4v) is 9.63. The van der Waals surface area contributed by atoms with Crippen LogP contribution in [0.15, 0.2) is 131 Å². The quantitative estimate of drug-likeness (QED) is 0.0237. The number of fused-ring (bicyclic) bond motifs is 1. The molecule has 416 valence electrons. The number of carbonyl (C=O) groups excluding carboxylic acids is 2. The number of halogens is 2. The molecule has 0 spiro atoms. The molecule has 0 saturated carbocycles. The van der Waals surface area contributed by atoms with Crippen LogP contribution >= 0.6 is 15.9 Å². The third kappa shape index (κ3) is 16.3. The molecule has 8 rings (SSSR count). The lowest BCUT2D eigenvalue weighted by Crippen LogP contribution is -2.40. The number of nitrogens with zero attached hydrogens (tertiary/aromatic N) is 8. The second-order valence-corrected chi connectivity index (χ2v) is 20.6. The number of para-hydroxylation sites is 1. The van der Waals surface area contributed by atoms with E-state index in [9.17, 15) is 22.4 Å². The number of piperidine rings is 1. The van der Waals surface area contributed by atoms with Crippen LogP contribution in [0.2, 0.25) is 0 Å². The fraction of sp³-hybridized carbons (Fsp3) is 0.315. The number of amides is 2. The summed E-state index contributed by atoms with van der Waals surface area (Å²) in [7, 11) is -1.86. The minimum absolute atomic E-state index is 0.0414. The van der Waals surface area contributed by atoms with Gasteiger partial charge in [0.05, 0.1) is 84.9 Å². The van der Waals surface area contributed by atoms with Gasteiger partial charge in [-0.3, -0.25) is 9.59 Å². The van der Waals surface area contributed by atoms with Crippen LogP contribution in [0.1, 0.15) is 29.2 Å². The van der Waals surface area contributed by atoms with Crippen LogP contribution in [0.4, 0.5) is 33.3 Å². The van der Waals surface area contributed by atoms with Crippen LogP contribution in [-0.4, -0.2) is 152 Å². The first-order chi connectivity index (χ1) is 38.3. The van der Waals surface area contributed by atoms with Gasteiger partial charge in [-0.15, -0.1) is 0 Å². The average molecular weight is 1170 g/mol. The Morgan fingerprint density at radius 1 is 0.848 bits per heavy atom. The minimum Gasteiger partial charge on any atom is -0.457 e. The largest absolute Gasteiger partial charge is 0.457 e. The number of carbonyl (C=O) groups is 2. The summed E-state index contributed by atoms with van der Waals surface area (Å²) in [6.45, 7) is 5.19. The van der Waals surface area contributed by atoms with E-state index < -0.39 is 21.7 Å². The molecule has 0 unspecified atom stereocenters. The van der Waals surface area contributed by atoms with Gasteiger partial charge in [0.25, 0.3) is 5.91 Å². The van der Waals surface area contributed by atoms with E-state index in [0.717, 1.165) is 30.2 Å². The van der Waals surface area contributed by atoms with Gasteiger partial charge in [0, 0.05) is 56.2 Å². The zero-order valence-electron chi connectivity index (χ0n) is 43.3. The molecule has 4 aromatic carbocycles. The molecule has 79 heavy (non-hydrogen) atoms. The summed E-state index contributed by atoms with van der Waals surface area (Å²) in [5.41, 5.74) is 14.2. The number of ether oxygens (including phenoxy) is 5. The number of anilines is 5. The first-order valence-corrected chi connectivity index (χ1v) is 27.6. The van der Waals surface area contributed by atoms with Crippen molar-refractivity contribution in [1.82, 2.24) is 44.2 Å². The molecule has 1 aliphatic rings. The molecule has 7 N–H and O–H groups in total. The van der Waals surface area contributed by atoms with E-state index in [1.54, 1.807) is 18.2 Å². The third-order valence-corrected chi connectivity index (χ3v) is 14.4. The van der Waals surface area contributed by atoms with Crippen molar-refractivity contribution in [2.75, 3.05) is 109 Å². The topological polar surface area (TPSA) is 278 Å². The molecule has 7 aromatic rings. The van der Waals surface area contributed by atoms with Gasteiger partial charge in [0.15, 0.2) is 5.65 Å². The molecule has 0 aliphatic carbocycles. The van der Waals surface area contributed by atoms with Crippen molar-refractivity contribution in [2.24, 2.45) is 5.73 Å². The molecule has 3 aromatic heterocycles. The number of rotatable bonds is 29. The molecule has 1 aliphatic heterocycles. The lowest BCUT2D eigenvalue weighted by Gasteiger charge is -2.32. The maximum absolute atomic E-state index is 14.3. The van der Waals surface area contributed by atoms with Crippen molar-refractivity contribution in [2.45, 2.75) is 23.8 Å². The number of benzene rings is 4. The van der Waals surface area contributed by atoms with Crippen LogP contribution in [0.3, 0.4) is 0 Å². The highest BCUT2D eigenvalue weighted by Gasteiger charge is 2.28. The number of nitrogen functional groups attached to an aromatic ring is 1. The number of likely N-dealkylation sites (N-methyl/N-ethyl adjacent to an activating group) is 1. The molecule has 0 bridgehead atoms. The molecule has 2 amide bonds. The number of primary amides is 1. The molecular formula is C54H61BrFN13O9S. The fourth-order valence-electron chi connectivity index (χ4n) is 8.32. The van der Waals surface area contributed by atoms with Crippen molar-refractivity contribution < 1.29 is 46.1 Å². The van der Waals surface area contributed by atoms with Crippen molar-refractivity contribution in [3.05, 3.63) is 138 Å². The second kappa shape index (κ2) is 28.4. The van der Waals surface area contributed by atoms with E-state index in [-0.39, 0.29) is 59.6 Å². The Hall–Kier alpha value is -7.49. The number of sulfonamides is 1. The lowest BCUT2D eigenvalue weighted by atomic mass is 10.1. The molecule has 25 heteroatoms. The average Bonchev–Trinajstić information content (AvgIpc) is 3.95. The molecule has 0 radical (unpaired) electrons. The van der Waals surface area contributed by atoms with E-state index in [1.807, 2.05) is 77.3 Å². The predicted octanol–water partition coefficient (Wildman–Crippen LogP) is 6.84. The van der Waals surface area contributed by atoms with Gasteiger partial charge in [0.2, 0.25) is 21.9 Å². The van der Waals surface area contributed by atoms with Crippen LogP contribution in [0.5, 0.6) is 11.5 Å².